The van der Waals surface area contributed by atoms with Gasteiger partial charge in [0.25, 0.3) is 0 Å². The zero-order chi connectivity index (χ0) is 9.86. The first-order valence-electron chi connectivity index (χ1n) is 5.86. The third-order valence-electron chi connectivity index (χ3n) is 3.24. The fourth-order valence-corrected chi connectivity index (χ4v) is 2.40. The predicted molar refractivity (Wildman–Crippen MR) is 55.2 cm³/mol. The highest BCUT2D eigenvalue weighted by molar-refractivity contribution is 4.85. The van der Waals surface area contributed by atoms with Crippen molar-refractivity contribution in [3.8, 4) is 0 Å². The van der Waals surface area contributed by atoms with E-state index in [1.54, 1.807) is 0 Å². The maximum Gasteiger partial charge on any atom is 0.168 e. The Hall–Kier alpha value is -0.120. The van der Waals surface area contributed by atoms with Crippen LogP contribution >= 0.6 is 0 Å². The molecule has 0 aromatic carbocycles. The fourth-order valence-electron chi connectivity index (χ4n) is 2.40. The second kappa shape index (κ2) is 4.60. The first-order valence-corrected chi connectivity index (χ1v) is 5.86. The van der Waals surface area contributed by atoms with Crippen LogP contribution in [-0.2, 0) is 9.47 Å². The summed E-state index contributed by atoms with van der Waals surface area (Å²) in [5, 5.41) is 3.57. The third kappa shape index (κ3) is 2.27. The van der Waals surface area contributed by atoms with Crippen molar-refractivity contribution >= 4 is 0 Å². The van der Waals surface area contributed by atoms with E-state index in [2.05, 4.69) is 12.2 Å². The van der Waals surface area contributed by atoms with Gasteiger partial charge in [0.15, 0.2) is 5.79 Å². The highest BCUT2D eigenvalue weighted by Gasteiger charge is 2.39. The number of hydrogen-bond acceptors (Lipinski definition) is 3. The van der Waals surface area contributed by atoms with Gasteiger partial charge >= 0.3 is 0 Å². The first kappa shape index (κ1) is 10.4. The van der Waals surface area contributed by atoms with Gasteiger partial charge < -0.3 is 14.8 Å². The minimum absolute atomic E-state index is 0.190. The molecule has 1 spiro atoms. The molecule has 3 nitrogen and oxygen atoms in total. The molecular formula is C11H21NO2. The van der Waals surface area contributed by atoms with Crippen molar-refractivity contribution in [2.45, 2.75) is 50.9 Å². The second-order valence-corrected chi connectivity index (χ2v) is 4.34. The van der Waals surface area contributed by atoms with Gasteiger partial charge in [0.1, 0.15) is 0 Å². The van der Waals surface area contributed by atoms with E-state index in [4.69, 9.17) is 9.47 Å². The van der Waals surface area contributed by atoms with Crippen LogP contribution in [0, 0.1) is 0 Å². The lowest BCUT2D eigenvalue weighted by molar-refractivity contribution is -0.179. The number of rotatable bonds is 3. The van der Waals surface area contributed by atoms with Gasteiger partial charge in [0.2, 0.25) is 0 Å². The molecule has 1 aliphatic heterocycles. The van der Waals surface area contributed by atoms with E-state index in [9.17, 15) is 0 Å². The smallest absolute Gasteiger partial charge is 0.168 e. The predicted octanol–water partition coefficient (Wildman–Crippen LogP) is 1.67. The van der Waals surface area contributed by atoms with Crippen molar-refractivity contribution < 1.29 is 9.47 Å². The Morgan fingerprint density at radius 3 is 2.43 bits per heavy atom. The molecule has 0 aromatic heterocycles. The molecule has 0 unspecified atom stereocenters. The molecule has 1 saturated carbocycles. The second-order valence-electron chi connectivity index (χ2n) is 4.34. The minimum atomic E-state index is -0.190. The van der Waals surface area contributed by atoms with Crippen LogP contribution in [0.1, 0.15) is 39.0 Å². The molecule has 1 saturated heterocycles. The Morgan fingerprint density at radius 1 is 1.21 bits per heavy atom. The maximum atomic E-state index is 5.68. The zero-order valence-electron chi connectivity index (χ0n) is 9.05. The van der Waals surface area contributed by atoms with Crippen molar-refractivity contribution in [3.63, 3.8) is 0 Å². The average molecular weight is 199 g/mol. The number of hydrogen-bond donors (Lipinski definition) is 1. The Balaban J connectivity index is 1.74. The summed E-state index contributed by atoms with van der Waals surface area (Å²) in [5.74, 6) is -0.190. The van der Waals surface area contributed by atoms with Crippen LogP contribution in [0.15, 0.2) is 0 Å². The summed E-state index contributed by atoms with van der Waals surface area (Å²) in [6, 6.07) is 0.688. The van der Waals surface area contributed by atoms with Crippen LogP contribution in [0.2, 0.25) is 0 Å². The topological polar surface area (TPSA) is 30.5 Å². The van der Waals surface area contributed by atoms with Gasteiger partial charge in [0.05, 0.1) is 13.2 Å². The van der Waals surface area contributed by atoms with Crippen LogP contribution in [0.4, 0.5) is 0 Å². The van der Waals surface area contributed by atoms with Crippen molar-refractivity contribution in [2.24, 2.45) is 0 Å². The molecule has 14 heavy (non-hydrogen) atoms. The van der Waals surface area contributed by atoms with Crippen molar-refractivity contribution in [2.75, 3.05) is 19.8 Å². The molecular weight excluding hydrogens is 178 g/mol. The summed E-state index contributed by atoms with van der Waals surface area (Å²) in [6.45, 7) is 4.92. The Bertz CT molecular complexity index is 168. The Morgan fingerprint density at radius 2 is 1.86 bits per heavy atom. The fraction of sp³-hybridized carbons (Fsp3) is 1.00. The molecule has 0 amide bonds. The largest absolute Gasteiger partial charge is 0.348 e. The van der Waals surface area contributed by atoms with Crippen LogP contribution < -0.4 is 5.32 Å². The molecule has 0 atom stereocenters. The molecule has 0 radical (unpaired) electrons. The lowest BCUT2D eigenvalue weighted by atomic mass is 9.90. The van der Waals surface area contributed by atoms with Gasteiger partial charge in [-0.05, 0) is 25.8 Å². The molecule has 82 valence electrons. The lowest BCUT2D eigenvalue weighted by Gasteiger charge is -2.35. The van der Waals surface area contributed by atoms with Crippen molar-refractivity contribution in [1.82, 2.24) is 5.32 Å². The summed E-state index contributed by atoms with van der Waals surface area (Å²) in [6.07, 6.45) is 5.73. The SMILES string of the molecule is CCCNC1CCC2(CC1)OCCO2. The summed E-state index contributed by atoms with van der Waals surface area (Å²) in [5.41, 5.74) is 0. The molecule has 3 heteroatoms. The zero-order valence-corrected chi connectivity index (χ0v) is 9.05. The molecule has 1 heterocycles. The van der Waals surface area contributed by atoms with Gasteiger partial charge in [-0.25, -0.2) is 0 Å². The van der Waals surface area contributed by atoms with Crippen LogP contribution in [0.25, 0.3) is 0 Å². The molecule has 0 aromatic rings. The molecule has 2 fully saturated rings. The van der Waals surface area contributed by atoms with Gasteiger partial charge in [-0.2, -0.15) is 0 Å². The van der Waals surface area contributed by atoms with E-state index in [0.717, 1.165) is 32.6 Å². The highest BCUT2D eigenvalue weighted by atomic mass is 16.7. The number of ether oxygens (including phenoxy) is 2. The summed E-state index contributed by atoms with van der Waals surface area (Å²) in [7, 11) is 0. The minimum Gasteiger partial charge on any atom is -0.348 e. The Kier molecular flexibility index (Phi) is 3.42. The maximum absolute atomic E-state index is 5.68. The lowest BCUT2D eigenvalue weighted by Crippen LogP contribution is -2.42. The van der Waals surface area contributed by atoms with E-state index in [1.807, 2.05) is 0 Å². The van der Waals surface area contributed by atoms with Crippen molar-refractivity contribution in [3.05, 3.63) is 0 Å². The van der Waals surface area contributed by atoms with E-state index in [0.29, 0.717) is 6.04 Å². The van der Waals surface area contributed by atoms with Gasteiger partial charge in [0, 0.05) is 18.9 Å². The Labute approximate surface area is 86.2 Å². The van der Waals surface area contributed by atoms with Crippen LogP contribution in [0.3, 0.4) is 0 Å². The number of nitrogens with one attached hydrogen (secondary N) is 1. The van der Waals surface area contributed by atoms with Crippen molar-refractivity contribution in [1.29, 1.82) is 0 Å². The van der Waals surface area contributed by atoms with Gasteiger partial charge in [-0.1, -0.05) is 6.92 Å². The quantitative estimate of drug-likeness (QED) is 0.750. The van der Waals surface area contributed by atoms with E-state index in [-0.39, 0.29) is 5.79 Å². The monoisotopic (exact) mass is 199 g/mol. The first-order chi connectivity index (χ1) is 6.85. The summed E-state index contributed by atoms with van der Waals surface area (Å²) >= 11 is 0. The molecule has 2 rings (SSSR count). The van der Waals surface area contributed by atoms with Gasteiger partial charge in [-0.15, -0.1) is 0 Å². The normalized spacial score (nSPS) is 27.2. The highest BCUT2D eigenvalue weighted by Crippen LogP contribution is 2.35. The summed E-state index contributed by atoms with van der Waals surface area (Å²) in [4.78, 5) is 0. The summed E-state index contributed by atoms with van der Waals surface area (Å²) < 4.78 is 11.4. The molecule has 2 aliphatic rings. The van der Waals surface area contributed by atoms with Crippen LogP contribution in [-0.4, -0.2) is 31.6 Å². The van der Waals surface area contributed by atoms with Crippen LogP contribution in [0.5, 0.6) is 0 Å². The van der Waals surface area contributed by atoms with Gasteiger partial charge in [-0.3, -0.25) is 0 Å². The average Bonchev–Trinajstić information content (AvgIpc) is 2.66. The molecule has 1 aliphatic carbocycles. The standard InChI is InChI=1S/C11H21NO2/c1-2-7-12-10-3-5-11(6-4-10)13-8-9-14-11/h10,12H,2-9H2,1H3. The van der Waals surface area contributed by atoms with E-state index >= 15 is 0 Å². The third-order valence-corrected chi connectivity index (χ3v) is 3.24. The molecule has 1 N–H and O–H groups in total. The van der Waals surface area contributed by atoms with E-state index < -0.39 is 0 Å². The molecule has 0 bridgehead atoms. The van der Waals surface area contributed by atoms with E-state index in [1.165, 1.54) is 19.3 Å².